The number of morpholine rings is 1. The Bertz CT molecular complexity index is 1510. The maximum absolute atomic E-state index is 13.4. The highest BCUT2D eigenvalue weighted by Gasteiger charge is 2.48. The van der Waals surface area contributed by atoms with Gasteiger partial charge in [0.1, 0.15) is 17.4 Å². The lowest BCUT2D eigenvalue weighted by atomic mass is 9.84. The van der Waals surface area contributed by atoms with E-state index in [1.54, 1.807) is 12.1 Å². The van der Waals surface area contributed by atoms with Gasteiger partial charge < -0.3 is 24.5 Å². The number of nitrogens with one attached hydrogen (secondary N) is 1. The van der Waals surface area contributed by atoms with Crippen LogP contribution in [0.3, 0.4) is 0 Å². The number of hydrogen-bond acceptors (Lipinski definition) is 6. The zero-order valence-electron chi connectivity index (χ0n) is 22.0. The molecule has 0 aliphatic carbocycles. The lowest BCUT2D eigenvalue weighted by Crippen LogP contribution is -2.61. The number of halogens is 1. The van der Waals surface area contributed by atoms with Crippen LogP contribution in [0, 0.1) is 4.51 Å². The smallest absolute Gasteiger partial charge is 0.407 e. The van der Waals surface area contributed by atoms with Crippen molar-refractivity contribution < 1.29 is 24.2 Å². The van der Waals surface area contributed by atoms with Crippen molar-refractivity contribution in [3.8, 4) is 5.75 Å². The highest BCUT2D eigenvalue weighted by atomic mass is 35.5. The SMILES string of the molecule is O=C(NCc1ccc(Cl)cc1)C1CC2(CCN1C(=O)O)Cn1ccc(=S)c3cc(CN4CCOCC4)cc(c31)O2. The predicted octanol–water partition coefficient (Wildman–Crippen LogP) is 4.45. The molecule has 2 fully saturated rings. The molecule has 2 unspecified atom stereocenters. The van der Waals surface area contributed by atoms with Gasteiger partial charge in [-0.05, 0) is 41.5 Å². The van der Waals surface area contributed by atoms with Gasteiger partial charge in [0.15, 0.2) is 0 Å². The minimum absolute atomic E-state index is 0.194. The van der Waals surface area contributed by atoms with Gasteiger partial charge in [0.05, 0.1) is 25.3 Å². The van der Waals surface area contributed by atoms with Crippen LogP contribution < -0.4 is 10.1 Å². The Morgan fingerprint density at radius 1 is 1.10 bits per heavy atom. The lowest BCUT2D eigenvalue weighted by molar-refractivity contribution is -0.132. The maximum Gasteiger partial charge on any atom is 0.407 e. The number of likely N-dealkylation sites (tertiary alicyclic amines) is 1. The Morgan fingerprint density at radius 2 is 1.88 bits per heavy atom. The van der Waals surface area contributed by atoms with Gasteiger partial charge in [-0.25, -0.2) is 4.79 Å². The van der Waals surface area contributed by atoms with Crippen molar-refractivity contribution in [1.29, 1.82) is 0 Å². The normalized spacial score (nSPS) is 22.7. The Kier molecular flexibility index (Phi) is 7.43. The number of aromatic nitrogens is 1. The molecule has 1 aromatic heterocycles. The summed E-state index contributed by atoms with van der Waals surface area (Å²) in [4.78, 5) is 29.1. The molecule has 2 amide bonds. The number of hydrogen-bond donors (Lipinski definition) is 2. The molecule has 2 N–H and O–H groups in total. The highest BCUT2D eigenvalue weighted by Crippen LogP contribution is 2.42. The second-order valence-corrected chi connectivity index (χ2v) is 11.6. The zero-order valence-corrected chi connectivity index (χ0v) is 23.5. The first-order chi connectivity index (χ1) is 19.3. The molecule has 0 bridgehead atoms. The van der Waals surface area contributed by atoms with E-state index < -0.39 is 17.7 Å². The molecule has 0 radical (unpaired) electrons. The Hall–Kier alpha value is -3.18. The van der Waals surface area contributed by atoms with E-state index in [1.165, 1.54) is 4.90 Å². The number of amides is 2. The fraction of sp³-hybridized carbons (Fsp3) is 0.414. The summed E-state index contributed by atoms with van der Waals surface area (Å²) in [6.07, 6.45) is 1.57. The summed E-state index contributed by atoms with van der Waals surface area (Å²) in [5, 5.41) is 14.4. The molecule has 2 saturated heterocycles. The number of piperidine rings is 1. The third-order valence-corrected chi connectivity index (χ3v) is 8.67. The molecule has 2 aromatic carbocycles. The van der Waals surface area contributed by atoms with E-state index in [4.69, 9.17) is 33.3 Å². The topological polar surface area (TPSA) is 96.3 Å². The average molecular weight is 583 g/mol. The van der Waals surface area contributed by atoms with Crippen molar-refractivity contribution in [2.75, 3.05) is 32.8 Å². The van der Waals surface area contributed by atoms with Crippen molar-refractivity contribution in [3.63, 3.8) is 0 Å². The van der Waals surface area contributed by atoms with Gasteiger partial charge in [0, 0.05) is 66.7 Å². The maximum atomic E-state index is 13.4. The number of pyridine rings is 1. The first kappa shape index (κ1) is 27.0. The highest BCUT2D eigenvalue weighted by molar-refractivity contribution is 7.71. The van der Waals surface area contributed by atoms with Crippen LogP contribution in [0.1, 0.15) is 24.0 Å². The van der Waals surface area contributed by atoms with Crippen LogP contribution in [0.5, 0.6) is 5.75 Å². The molecule has 3 aliphatic rings. The summed E-state index contributed by atoms with van der Waals surface area (Å²) < 4.78 is 15.2. The first-order valence-electron chi connectivity index (χ1n) is 13.5. The van der Waals surface area contributed by atoms with Crippen molar-refractivity contribution in [3.05, 3.63) is 69.3 Å². The summed E-state index contributed by atoms with van der Waals surface area (Å²) >= 11 is 11.7. The fourth-order valence-corrected chi connectivity index (χ4v) is 6.36. The summed E-state index contributed by atoms with van der Waals surface area (Å²) in [6.45, 7) is 4.90. The van der Waals surface area contributed by atoms with Crippen LogP contribution in [0.25, 0.3) is 10.9 Å². The molecule has 210 valence electrons. The van der Waals surface area contributed by atoms with Crippen LogP contribution in [0.4, 0.5) is 4.79 Å². The molecule has 3 aliphatic heterocycles. The number of carbonyl (C=O) groups excluding carboxylic acids is 1. The lowest BCUT2D eigenvalue weighted by Gasteiger charge is -2.47. The average Bonchev–Trinajstić information content (AvgIpc) is 2.94. The van der Waals surface area contributed by atoms with Crippen LogP contribution in [0.2, 0.25) is 5.02 Å². The van der Waals surface area contributed by atoms with E-state index in [0.29, 0.717) is 31.2 Å². The van der Waals surface area contributed by atoms with Crippen molar-refractivity contribution in [1.82, 2.24) is 19.7 Å². The summed E-state index contributed by atoms with van der Waals surface area (Å²) in [5.74, 6) is 0.380. The number of rotatable bonds is 5. The number of benzene rings is 2. The standard InChI is InChI=1S/C29H31ClN4O5S/c30-21-3-1-19(2-4-21)16-31-27(35)23-15-29(6-8-34(23)28(36)37)18-33-7-5-25(40)22-13-20(14-24(39-29)26(22)33)17-32-9-11-38-12-10-32/h1-5,7,13-14,23H,6,8-12,15-18H2,(H,31,35)(H,36,37). The molecule has 0 saturated carbocycles. The molecular weight excluding hydrogens is 552 g/mol. The van der Waals surface area contributed by atoms with Crippen molar-refractivity contribution >= 4 is 46.7 Å². The Morgan fingerprint density at radius 3 is 2.62 bits per heavy atom. The van der Waals surface area contributed by atoms with E-state index >= 15 is 0 Å². The second kappa shape index (κ2) is 11.0. The van der Waals surface area contributed by atoms with Gasteiger partial charge in [0.2, 0.25) is 5.91 Å². The van der Waals surface area contributed by atoms with Crippen molar-refractivity contribution in [2.24, 2.45) is 0 Å². The van der Waals surface area contributed by atoms with Crippen LogP contribution in [0.15, 0.2) is 48.7 Å². The van der Waals surface area contributed by atoms with E-state index in [-0.39, 0.29) is 25.4 Å². The van der Waals surface area contributed by atoms with Crippen LogP contribution in [-0.4, -0.2) is 76.0 Å². The quantitative estimate of drug-likeness (QED) is 0.429. The molecule has 3 aromatic rings. The number of carbonyl (C=O) groups is 2. The number of ether oxygens (including phenoxy) is 2. The van der Waals surface area contributed by atoms with Gasteiger partial charge in [-0.1, -0.05) is 36.0 Å². The molecule has 2 atom stereocenters. The zero-order chi connectivity index (χ0) is 27.9. The summed E-state index contributed by atoms with van der Waals surface area (Å²) in [6, 6.07) is 12.5. The predicted molar refractivity (Wildman–Crippen MR) is 153 cm³/mol. The summed E-state index contributed by atoms with van der Waals surface area (Å²) in [7, 11) is 0. The molecule has 1 spiro atoms. The molecule has 9 nitrogen and oxygen atoms in total. The van der Waals surface area contributed by atoms with Crippen LogP contribution in [-0.2, 0) is 29.2 Å². The minimum Gasteiger partial charge on any atom is -0.483 e. The van der Waals surface area contributed by atoms with Crippen molar-refractivity contribution in [2.45, 2.75) is 44.1 Å². The van der Waals surface area contributed by atoms with Crippen LogP contribution >= 0.6 is 23.8 Å². The van der Waals surface area contributed by atoms with E-state index in [9.17, 15) is 14.7 Å². The van der Waals surface area contributed by atoms with Gasteiger partial charge in [-0.3, -0.25) is 14.6 Å². The monoisotopic (exact) mass is 582 g/mol. The Labute approximate surface area is 242 Å². The molecular formula is C29H31ClN4O5S. The number of nitrogens with zero attached hydrogens (tertiary/aromatic N) is 3. The third-order valence-electron chi connectivity index (χ3n) is 8.07. The van der Waals surface area contributed by atoms with E-state index in [2.05, 4.69) is 26.9 Å². The van der Waals surface area contributed by atoms with Gasteiger partial charge in [-0.2, -0.15) is 0 Å². The van der Waals surface area contributed by atoms with Gasteiger partial charge in [0.25, 0.3) is 0 Å². The third kappa shape index (κ3) is 5.41. The molecule has 6 rings (SSSR count). The summed E-state index contributed by atoms with van der Waals surface area (Å²) in [5.41, 5.74) is 2.18. The fourth-order valence-electron chi connectivity index (χ4n) is 6.02. The second-order valence-electron chi connectivity index (χ2n) is 10.8. The Balaban J connectivity index is 1.28. The molecule has 11 heteroatoms. The van der Waals surface area contributed by atoms with Gasteiger partial charge in [-0.15, -0.1) is 0 Å². The van der Waals surface area contributed by atoms with E-state index in [0.717, 1.165) is 51.9 Å². The molecule has 40 heavy (non-hydrogen) atoms. The largest absolute Gasteiger partial charge is 0.483 e. The van der Waals surface area contributed by atoms with Gasteiger partial charge >= 0.3 is 6.09 Å². The molecule has 4 heterocycles. The number of carboxylic acid groups (broad SMARTS) is 1. The first-order valence-corrected chi connectivity index (χ1v) is 14.3. The minimum atomic E-state index is -1.11. The van der Waals surface area contributed by atoms with E-state index in [1.807, 2.05) is 24.4 Å².